The van der Waals surface area contributed by atoms with E-state index in [1.54, 1.807) is 0 Å². The van der Waals surface area contributed by atoms with Gasteiger partial charge in [-0.3, -0.25) is 19.0 Å². The fourth-order valence-corrected chi connectivity index (χ4v) is 2.37. The van der Waals surface area contributed by atoms with Gasteiger partial charge in [0.05, 0.1) is 41.4 Å². The van der Waals surface area contributed by atoms with Crippen LogP contribution in [0.2, 0.25) is 0 Å². The minimum Gasteiger partial charge on any atom is -0.481 e. The van der Waals surface area contributed by atoms with Crippen molar-refractivity contribution >= 4 is 27.8 Å². The monoisotopic (exact) mass is 383 g/mol. The summed E-state index contributed by atoms with van der Waals surface area (Å²) in [6.45, 7) is 5.11. The predicted molar refractivity (Wildman–Crippen MR) is 86.2 cm³/mol. The standard InChI is InChI=1S/C14H18BrN5O3/c1-9-13(15)10(2)20(18-9)6-4-16-14(23)11-7-17-19(8-11)5-3-12(21)22/h7-8H,3-6H2,1-2H3,(H,16,23)(H,21,22). The van der Waals surface area contributed by atoms with Crippen molar-refractivity contribution in [2.45, 2.75) is 33.4 Å². The van der Waals surface area contributed by atoms with E-state index in [1.165, 1.54) is 17.1 Å². The summed E-state index contributed by atoms with van der Waals surface area (Å²) < 4.78 is 4.25. The van der Waals surface area contributed by atoms with Crippen LogP contribution in [0.15, 0.2) is 16.9 Å². The van der Waals surface area contributed by atoms with Gasteiger partial charge in [0.1, 0.15) is 0 Å². The van der Waals surface area contributed by atoms with Crippen LogP contribution >= 0.6 is 15.9 Å². The summed E-state index contributed by atoms with van der Waals surface area (Å²) in [6.07, 6.45) is 2.94. The largest absolute Gasteiger partial charge is 0.481 e. The molecular formula is C14H18BrN5O3. The molecule has 2 aromatic rings. The fraction of sp³-hybridized carbons (Fsp3) is 0.429. The zero-order valence-corrected chi connectivity index (χ0v) is 14.5. The molecule has 0 saturated heterocycles. The molecule has 0 atom stereocenters. The van der Waals surface area contributed by atoms with Gasteiger partial charge in [0.2, 0.25) is 0 Å². The second-order valence-electron chi connectivity index (χ2n) is 5.10. The Morgan fingerprint density at radius 1 is 1.35 bits per heavy atom. The topological polar surface area (TPSA) is 102 Å². The Kier molecular flexibility index (Phi) is 5.54. The number of hydrogen-bond acceptors (Lipinski definition) is 4. The quantitative estimate of drug-likeness (QED) is 0.751. The number of nitrogens with zero attached hydrogens (tertiary/aromatic N) is 4. The lowest BCUT2D eigenvalue weighted by molar-refractivity contribution is -0.137. The molecule has 0 spiro atoms. The highest BCUT2D eigenvalue weighted by Gasteiger charge is 2.11. The highest BCUT2D eigenvalue weighted by molar-refractivity contribution is 9.10. The highest BCUT2D eigenvalue weighted by Crippen LogP contribution is 2.19. The number of rotatable bonds is 7. The van der Waals surface area contributed by atoms with E-state index in [0.717, 1.165) is 15.9 Å². The molecule has 0 fully saturated rings. The first-order valence-electron chi connectivity index (χ1n) is 7.10. The maximum absolute atomic E-state index is 12.0. The Morgan fingerprint density at radius 2 is 2.09 bits per heavy atom. The van der Waals surface area contributed by atoms with Crippen molar-refractivity contribution in [3.8, 4) is 0 Å². The number of aromatic nitrogens is 4. The lowest BCUT2D eigenvalue weighted by Crippen LogP contribution is -2.27. The molecule has 0 bridgehead atoms. The summed E-state index contributed by atoms with van der Waals surface area (Å²) in [5, 5.41) is 19.8. The molecule has 0 saturated carbocycles. The molecule has 2 heterocycles. The van der Waals surface area contributed by atoms with Gasteiger partial charge in [-0.25, -0.2) is 0 Å². The average Bonchev–Trinajstić information content (AvgIpc) is 3.07. The number of hydrogen-bond donors (Lipinski definition) is 2. The molecule has 23 heavy (non-hydrogen) atoms. The predicted octanol–water partition coefficient (Wildman–Crippen LogP) is 1.36. The molecule has 8 nitrogen and oxygen atoms in total. The summed E-state index contributed by atoms with van der Waals surface area (Å²) in [6, 6.07) is 0. The van der Waals surface area contributed by atoms with Gasteiger partial charge >= 0.3 is 5.97 Å². The van der Waals surface area contributed by atoms with Crippen molar-refractivity contribution in [3.05, 3.63) is 33.8 Å². The molecule has 2 N–H and O–H groups in total. The number of carbonyl (C=O) groups excluding carboxylic acids is 1. The van der Waals surface area contributed by atoms with E-state index < -0.39 is 5.97 Å². The molecule has 124 valence electrons. The number of carboxylic acids is 1. The molecule has 0 aliphatic rings. The molecule has 2 rings (SSSR count). The molecule has 0 radical (unpaired) electrons. The Balaban J connectivity index is 1.85. The Bertz CT molecular complexity index is 722. The van der Waals surface area contributed by atoms with E-state index in [4.69, 9.17) is 5.11 Å². The molecule has 0 aliphatic carbocycles. The number of amides is 1. The van der Waals surface area contributed by atoms with Crippen LogP contribution in [0.25, 0.3) is 0 Å². The SMILES string of the molecule is Cc1nn(CCNC(=O)c2cnn(CCC(=O)O)c2)c(C)c1Br. The second kappa shape index (κ2) is 7.40. The number of aliphatic carboxylic acids is 1. The van der Waals surface area contributed by atoms with Crippen LogP contribution in [0.3, 0.4) is 0 Å². The van der Waals surface area contributed by atoms with Crippen molar-refractivity contribution in [2.75, 3.05) is 6.54 Å². The van der Waals surface area contributed by atoms with Crippen molar-refractivity contribution in [1.29, 1.82) is 0 Å². The van der Waals surface area contributed by atoms with Crippen LogP contribution in [-0.2, 0) is 17.9 Å². The fourth-order valence-electron chi connectivity index (χ4n) is 2.08. The summed E-state index contributed by atoms with van der Waals surface area (Å²) >= 11 is 3.46. The van der Waals surface area contributed by atoms with Crippen molar-refractivity contribution in [1.82, 2.24) is 24.9 Å². The van der Waals surface area contributed by atoms with E-state index in [2.05, 4.69) is 31.4 Å². The normalized spacial score (nSPS) is 10.7. The van der Waals surface area contributed by atoms with Crippen LogP contribution in [0, 0.1) is 13.8 Å². The smallest absolute Gasteiger partial charge is 0.305 e. The van der Waals surface area contributed by atoms with Gasteiger partial charge in [-0.15, -0.1) is 0 Å². The third-order valence-electron chi connectivity index (χ3n) is 3.35. The first-order chi connectivity index (χ1) is 10.9. The van der Waals surface area contributed by atoms with Gasteiger partial charge in [-0.2, -0.15) is 10.2 Å². The maximum Gasteiger partial charge on any atom is 0.305 e. The van der Waals surface area contributed by atoms with E-state index in [9.17, 15) is 9.59 Å². The zero-order valence-electron chi connectivity index (χ0n) is 12.9. The van der Waals surface area contributed by atoms with Gasteiger partial charge in [0.15, 0.2) is 0 Å². The van der Waals surface area contributed by atoms with E-state index in [1.807, 2.05) is 18.5 Å². The number of carbonyl (C=O) groups is 2. The number of carboxylic acid groups (broad SMARTS) is 1. The van der Waals surface area contributed by atoms with Crippen LogP contribution in [0.5, 0.6) is 0 Å². The molecule has 0 unspecified atom stereocenters. The molecule has 2 aromatic heterocycles. The first kappa shape index (κ1) is 17.2. The van der Waals surface area contributed by atoms with Gasteiger partial charge in [0, 0.05) is 18.4 Å². The van der Waals surface area contributed by atoms with Crippen LogP contribution in [0.1, 0.15) is 28.2 Å². The number of aryl methyl sites for hydroxylation is 2. The van der Waals surface area contributed by atoms with E-state index >= 15 is 0 Å². The van der Waals surface area contributed by atoms with Gasteiger partial charge < -0.3 is 10.4 Å². The third kappa shape index (κ3) is 4.41. The van der Waals surface area contributed by atoms with Crippen LogP contribution in [0.4, 0.5) is 0 Å². The number of nitrogens with one attached hydrogen (secondary N) is 1. The van der Waals surface area contributed by atoms with Gasteiger partial charge in [-0.1, -0.05) is 0 Å². The van der Waals surface area contributed by atoms with Crippen LogP contribution < -0.4 is 5.32 Å². The average molecular weight is 384 g/mol. The minimum absolute atomic E-state index is 0.0322. The van der Waals surface area contributed by atoms with Crippen molar-refractivity contribution in [3.63, 3.8) is 0 Å². The second-order valence-corrected chi connectivity index (χ2v) is 5.89. The molecular weight excluding hydrogens is 366 g/mol. The van der Waals surface area contributed by atoms with Crippen LogP contribution in [-0.4, -0.2) is 43.1 Å². The zero-order chi connectivity index (χ0) is 17.0. The maximum atomic E-state index is 12.0. The van der Waals surface area contributed by atoms with Gasteiger partial charge in [0.25, 0.3) is 5.91 Å². The summed E-state index contributed by atoms with van der Waals surface area (Å²) in [7, 11) is 0. The van der Waals surface area contributed by atoms with Crippen molar-refractivity contribution in [2.24, 2.45) is 0 Å². The molecule has 9 heteroatoms. The Morgan fingerprint density at radius 3 is 2.70 bits per heavy atom. The lowest BCUT2D eigenvalue weighted by atomic mass is 10.3. The van der Waals surface area contributed by atoms with E-state index in [0.29, 0.717) is 18.7 Å². The van der Waals surface area contributed by atoms with Gasteiger partial charge in [-0.05, 0) is 29.8 Å². The number of halogens is 1. The molecule has 0 aromatic carbocycles. The summed E-state index contributed by atoms with van der Waals surface area (Å²) in [4.78, 5) is 22.5. The van der Waals surface area contributed by atoms with E-state index in [-0.39, 0.29) is 18.9 Å². The Hall–Kier alpha value is -2.16. The molecule has 0 aliphatic heterocycles. The third-order valence-corrected chi connectivity index (χ3v) is 4.50. The summed E-state index contributed by atoms with van der Waals surface area (Å²) in [5.41, 5.74) is 2.33. The van der Waals surface area contributed by atoms with Crippen molar-refractivity contribution < 1.29 is 14.7 Å². The Labute approximate surface area is 141 Å². The first-order valence-corrected chi connectivity index (χ1v) is 7.89. The lowest BCUT2D eigenvalue weighted by Gasteiger charge is -2.06. The highest BCUT2D eigenvalue weighted by atomic mass is 79.9. The molecule has 1 amide bonds. The summed E-state index contributed by atoms with van der Waals surface area (Å²) in [5.74, 6) is -1.14. The minimum atomic E-state index is -0.900.